The Kier molecular flexibility index (Phi) is 6.87. The average molecular weight is 437 g/mol. The smallest absolute Gasteiger partial charge is 0.254 e. The predicted octanol–water partition coefficient (Wildman–Crippen LogP) is 4.00. The van der Waals surface area contributed by atoms with Crippen LogP contribution in [0.15, 0.2) is 36.4 Å². The van der Waals surface area contributed by atoms with E-state index in [0.717, 1.165) is 0 Å². The first-order valence-corrected chi connectivity index (χ1v) is 9.96. The highest BCUT2D eigenvalue weighted by atomic mass is 35.5. The predicted molar refractivity (Wildman–Crippen MR) is 112 cm³/mol. The molecule has 0 bridgehead atoms. The van der Waals surface area contributed by atoms with Crippen molar-refractivity contribution in [2.24, 2.45) is 0 Å². The minimum absolute atomic E-state index is 0.102. The molecule has 0 unspecified atom stereocenters. The Labute approximate surface area is 179 Å². The summed E-state index contributed by atoms with van der Waals surface area (Å²) in [4.78, 5) is 29.2. The molecule has 0 aromatic heterocycles. The molecule has 0 saturated carbocycles. The van der Waals surface area contributed by atoms with Crippen molar-refractivity contribution < 1.29 is 19.1 Å². The van der Waals surface area contributed by atoms with E-state index in [0.29, 0.717) is 65.3 Å². The lowest BCUT2D eigenvalue weighted by Gasteiger charge is -2.23. The minimum atomic E-state index is -0.121. The maximum atomic E-state index is 12.9. The lowest BCUT2D eigenvalue weighted by molar-refractivity contribution is 0.0718. The molecule has 0 aliphatic carbocycles. The zero-order chi connectivity index (χ0) is 21.0. The van der Waals surface area contributed by atoms with Crippen LogP contribution in [0.1, 0.15) is 27.1 Å². The van der Waals surface area contributed by atoms with E-state index in [9.17, 15) is 9.59 Å². The number of rotatable bonds is 4. The molecule has 3 rings (SSSR count). The fourth-order valence-corrected chi connectivity index (χ4v) is 3.59. The summed E-state index contributed by atoms with van der Waals surface area (Å²) in [5.74, 6) is 0.849. The van der Waals surface area contributed by atoms with Gasteiger partial charge in [-0.05, 0) is 42.8 Å². The van der Waals surface area contributed by atoms with Crippen LogP contribution in [-0.2, 0) is 0 Å². The van der Waals surface area contributed by atoms with Crippen LogP contribution in [0.4, 0.5) is 0 Å². The summed E-state index contributed by atoms with van der Waals surface area (Å²) in [6.07, 6.45) is 0.687. The van der Waals surface area contributed by atoms with Gasteiger partial charge in [0.05, 0.1) is 24.3 Å². The number of ether oxygens (including phenoxy) is 2. The molecule has 1 fully saturated rings. The van der Waals surface area contributed by atoms with Crippen LogP contribution in [0.3, 0.4) is 0 Å². The second kappa shape index (κ2) is 9.37. The van der Waals surface area contributed by atoms with E-state index in [1.165, 1.54) is 7.11 Å². The number of amides is 2. The lowest BCUT2D eigenvalue weighted by Crippen LogP contribution is -2.37. The first-order chi connectivity index (χ1) is 13.9. The molecule has 1 saturated heterocycles. The molecule has 2 aromatic rings. The third-order valence-corrected chi connectivity index (χ3v) is 5.61. The van der Waals surface area contributed by atoms with Gasteiger partial charge < -0.3 is 19.3 Å². The van der Waals surface area contributed by atoms with Crippen LogP contribution < -0.4 is 9.47 Å². The fraction of sp³-hybridized carbons (Fsp3) is 0.333. The molecular weight excluding hydrogens is 415 g/mol. The third kappa shape index (κ3) is 4.77. The summed E-state index contributed by atoms with van der Waals surface area (Å²) in [7, 11) is 3.08. The zero-order valence-electron chi connectivity index (χ0n) is 16.3. The molecule has 0 radical (unpaired) electrons. The Balaban J connectivity index is 1.70. The van der Waals surface area contributed by atoms with E-state index in [1.54, 1.807) is 53.3 Å². The van der Waals surface area contributed by atoms with Gasteiger partial charge in [-0.1, -0.05) is 23.2 Å². The molecule has 1 aliphatic rings. The van der Waals surface area contributed by atoms with E-state index in [4.69, 9.17) is 32.7 Å². The molecule has 1 aliphatic heterocycles. The van der Waals surface area contributed by atoms with Gasteiger partial charge in [0.2, 0.25) is 0 Å². The summed E-state index contributed by atoms with van der Waals surface area (Å²) in [6.45, 7) is 2.02. The van der Waals surface area contributed by atoms with Gasteiger partial charge in [0.25, 0.3) is 11.8 Å². The molecule has 6 nitrogen and oxygen atoms in total. The summed E-state index contributed by atoms with van der Waals surface area (Å²) in [5, 5.41) is 0.753. The highest BCUT2D eigenvalue weighted by Gasteiger charge is 2.24. The maximum absolute atomic E-state index is 12.9. The first kappa shape index (κ1) is 21.3. The van der Waals surface area contributed by atoms with Gasteiger partial charge in [-0.2, -0.15) is 0 Å². The number of carbonyl (C=O) groups is 2. The van der Waals surface area contributed by atoms with Crippen LogP contribution in [-0.4, -0.2) is 62.0 Å². The van der Waals surface area contributed by atoms with Gasteiger partial charge in [0.15, 0.2) is 11.5 Å². The van der Waals surface area contributed by atoms with E-state index in [-0.39, 0.29) is 11.8 Å². The van der Waals surface area contributed by atoms with Crippen molar-refractivity contribution >= 4 is 35.0 Å². The molecular formula is C21H22Cl2N2O4. The van der Waals surface area contributed by atoms with Crippen molar-refractivity contribution in [3.8, 4) is 11.5 Å². The molecule has 29 heavy (non-hydrogen) atoms. The van der Waals surface area contributed by atoms with Gasteiger partial charge in [-0.15, -0.1) is 0 Å². The summed E-state index contributed by atoms with van der Waals surface area (Å²) in [6, 6.07) is 9.95. The molecule has 1 heterocycles. The van der Waals surface area contributed by atoms with E-state index >= 15 is 0 Å². The molecule has 2 amide bonds. The van der Waals surface area contributed by atoms with Gasteiger partial charge in [0, 0.05) is 37.3 Å². The second-order valence-corrected chi connectivity index (χ2v) is 7.45. The van der Waals surface area contributed by atoms with E-state index in [2.05, 4.69) is 0 Å². The van der Waals surface area contributed by atoms with Crippen LogP contribution in [0.5, 0.6) is 11.5 Å². The monoisotopic (exact) mass is 436 g/mol. The number of hydrogen-bond donors (Lipinski definition) is 0. The standard InChI is InChI=1S/C21H22Cl2N2O4/c1-28-18-7-5-15(13-19(18)29-2)21(27)25-9-3-8-24(10-11-25)20(26)14-4-6-16(22)17(23)12-14/h4-7,12-13H,3,8-11H2,1-2H3. The summed E-state index contributed by atoms with van der Waals surface area (Å²) < 4.78 is 10.5. The lowest BCUT2D eigenvalue weighted by atomic mass is 10.1. The Morgan fingerprint density at radius 1 is 0.759 bits per heavy atom. The van der Waals surface area contributed by atoms with Crippen molar-refractivity contribution in [3.63, 3.8) is 0 Å². The molecule has 2 aromatic carbocycles. The number of carbonyl (C=O) groups excluding carboxylic acids is 2. The molecule has 0 spiro atoms. The minimum Gasteiger partial charge on any atom is -0.493 e. The van der Waals surface area contributed by atoms with Crippen molar-refractivity contribution in [1.82, 2.24) is 9.80 Å². The van der Waals surface area contributed by atoms with E-state index < -0.39 is 0 Å². The highest BCUT2D eigenvalue weighted by molar-refractivity contribution is 6.42. The van der Waals surface area contributed by atoms with Gasteiger partial charge >= 0.3 is 0 Å². The SMILES string of the molecule is COc1ccc(C(=O)N2CCCN(C(=O)c3ccc(Cl)c(Cl)c3)CC2)cc1OC. The molecule has 0 N–H and O–H groups in total. The van der Waals surface area contributed by atoms with Crippen LogP contribution in [0.2, 0.25) is 10.0 Å². The van der Waals surface area contributed by atoms with Gasteiger partial charge in [0.1, 0.15) is 0 Å². The fourth-order valence-electron chi connectivity index (χ4n) is 3.29. The van der Waals surface area contributed by atoms with Crippen LogP contribution in [0.25, 0.3) is 0 Å². The molecule has 0 atom stereocenters. The van der Waals surface area contributed by atoms with Gasteiger partial charge in [-0.25, -0.2) is 0 Å². The van der Waals surface area contributed by atoms with Crippen molar-refractivity contribution in [1.29, 1.82) is 0 Å². The number of halogens is 2. The van der Waals surface area contributed by atoms with Crippen molar-refractivity contribution in [3.05, 3.63) is 57.6 Å². The molecule has 154 valence electrons. The Morgan fingerprint density at radius 2 is 1.31 bits per heavy atom. The average Bonchev–Trinajstić information content (AvgIpc) is 3.00. The zero-order valence-corrected chi connectivity index (χ0v) is 17.8. The van der Waals surface area contributed by atoms with Crippen LogP contribution in [0, 0.1) is 0 Å². The van der Waals surface area contributed by atoms with Crippen LogP contribution >= 0.6 is 23.2 Å². The van der Waals surface area contributed by atoms with E-state index in [1.807, 2.05) is 0 Å². The topological polar surface area (TPSA) is 59.1 Å². The quantitative estimate of drug-likeness (QED) is 0.726. The molecule has 8 heteroatoms. The summed E-state index contributed by atoms with van der Waals surface area (Å²) >= 11 is 12.0. The number of nitrogens with zero attached hydrogens (tertiary/aromatic N) is 2. The maximum Gasteiger partial charge on any atom is 0.254 e. The summed E-state index contributed by atoms with van der Waals surface area (Å²) in [5.41, 5.74) is 1.01. The first-order valence-electron chi connectivity index (χ1n) is 9.20. The third-order valence-electron chi connectivity index (χ3n) is 4.87. The van der Waals surface area contributed by atoms with Crippen molar-refractivity contribution in [2.75, 3.05) is 40.4 Å². The Hall–Kier alpha value is -2.44. The Morgan fingerprint density at radius 3 is 1.86 bits per heavy atom. The number of benzene rings is 2. The highest BCUT2D eigenvalue weighted by Crippen LogP contribution is 2.28. The normalized spacial score (nSPS) is 14.3. The number of hydrogen-bond acceptors (Lipinski definition) is 4. The van der Waals surface area contributed by atoms with Gasteiger partial charge in [-0.3, -0.25) is 9.59 Å². The number of methoxy groups -OCH3 is 2. The van der Waals surface area contributed by atoms with Crippen molar-refractivity contribution in [2.45, 2.75) is 6.42 Å². The Bertz CT molecular complexity index is 920. The largest absolute Gasteiger partial charge is 0.493 e. The second-order valence-electron chi connectivity index (χ2n) is 6.64.